The van der Waals surface area contributed by atoms with Crippen LogP contribution in [0.5, 0.6) is 5.75 Å². The number of benzene rings is 2. The Bertz CT molecular complexity index is 576. The minimum absolute atomic E-state index is 0.608. The lowest BCUT2D eigenvalue weighted by molar-refractivity contribution is -0.145. The van der Waals surface area contributed by atoms with Gasteiger partial charge in [0.15, 0.2) is 0 Å². The van der Waals surface area contributed by atoms with Gasteiger partial charge in [-0.2, -0.15) is 0 Å². The molecule has 2 aromatic carbocycles. The summed E-state index contributed by atoms with van der Waals surface area (Å²) >= 11 is 0. The number of hydrogen-bond donors (Lipinski definition) is 1. The van der Waals surface area contributed by atoms with Gasteiger partial charge in [0.25, 0.3) is 0 Å². The van der Waals surface area contributed by atoms with Crippen LogP contribution >= 0.6 is 0 Å². The molecule has 0 aliphatic rings. The molecule has 0 unspecified atom stereocenters. The second-order valence-corrected chi connectivity index (χ2v) is 4.44. The average molecular weight is 256 g/mol. The highest BCUT2D eigenvalue weighted by Gasteiger charge is 2.22. The Morgan fingerprint density at radius 3 is 2.37 bits per heavy atom. The molecule has 19 heavy (non-hydrogen) atoms. The molecule has 2 rings (SSSR count). The van der Waals surface area contributed by atoms with Gasteiger partial charge in [0.2, 0.25) is 6.10 Å². The molecule has 2 aromatic rings. The van der Waals surface area contributed by atoms with Crippen LogP contribution in [0.15, 0.2) is 48.5 Å². The molecule has 0 fully saturated rings. The molecule has 3 nitrogen and oxygen atoms in total. The predicted octanol–water partition coefficient (Wildman–Crippen LogP) is 3.51. The normalized spacial score (nSPS) is 11.9. The Labute approximate surface area is 112 Å². The summed E-state index contributed by atoms with van der Waals surface area (Å²) < 4.78 is 5.67. The minimum atomic E-state index is -0.993. The second kappa shape index (κ2) is 5.57. The van der Waals surface area contributed by atoms with Gasteiger partial charge >= 0.3 is 5.97 Å². The minimum Gasteiger partial charge on any atom is -0.478 e. The molecule has 0 saturated carbocycles. The SMILES string of the molecule is Cc1cccc(O[C@H](C(=O)O)c2ccccc2)c1C. The smallest absolute Gasteiger partial charge is 0.349 e. The monoisotopic (exact) mass is 256 g/mol. The highest BCUT2D eigenvalue weighted by Crippen LogP contribution is 2.27. The fourth-order valence-corrected chi connectivity index (χ4v) is 1.87. The molecule has 98 valence electrons. The topological polar surface area (TPSA) is 46.5 Å². The zero-order valence-corrected chi connectivity index (χ0v) is 11.0. The van der Waals surface area contributed by atoms with Crippen molar-refractivity contribution in [2.24, 2.45) is 0 Å². The number of rotatable bonds is 4. The molecule has 0 aromatic heterocycles. The van der Waals surface area contributed by atoms with E-state index in [-0.39, 0.29) is 0 Å². The maximum absolute atomic E-state index is 11.4. The third kappa shape index (κ3) is 2.94. The van der Waals surface area contributed by atoms with Gasteiger partial charge in [0.05, 0.1) is 0 Å². The Morgan fingerprint density at radius 1 is 1.05 bits per heavy atom. The Kier molecular flexibility index (Phi) is 3.85. The summed E-state index contributed by atoms with van der Waals surface area (Å²) in [6, 6.07) is 14.6. The van der Waals surface area contributed by atoms with Crippen LogP contribution in [0.4, 0.5) is 0 Å². The van der Waals surface area contributed by atoms with Gasteiger partial charge in [-0.15, -0.1) is 0 Å². The first-order chi connectivity index (χ1) is 9.09. The second-order valence-electron chi connectivity index (χ2n) is 4.44. The van der Waals surface area contributed by atoms with Gasteiger partial charge in [0.1, 0.15) is 5.75 Å². The molecule has 0 heterocycles. The average Bonchev–Trinajstić information content (AvgIpc) is 2.41. The summed E-state index contributed by atoms with van der Waals surface area (Å²) in [7, 11) is 0. The van der Waals surface area contributed by atoms with Gasteiger partial charge in [-0.3, -0.25) is 0 Å². The van der Waals surface area contributed by atoms with Crippen molar-refractivity contribution in [2.45, 2.75) is 20.0 Å². The highest BCUT2D eigenvalue weighted by atomic mass is 16.5. The molecule has 0 saturated heterocycles. The Morgan fingerprint density at radius 2 is 1.74 bits per heavy atom. The van der Waals surface area contributed by atoms with Crippen molar-refractivity contribution in [3.05, 3.63) is 65.2 Å². The number of carboxylic acid groups (broad SMARTS) is 1. The maximum atomic E-state index is 11.4. The van der Waals surface area contributed by atoms with Crippen molar-refractivity contribution in [3.63, 3.8) is 0 Å². The first kappa shape index (κ1) is 13.1. The van der Waals surface area contributed by atoms with E-state index in [9.17, 15) is 9.90 Å². The van der Waals surface area contributed by atoms with Crippen molar-refractivity contribution in [2.75, 3.05) is 0 Å². The van der Waals surface area contributed by atoms with E-state index in [2.05, 4.69) is 0 Å². The molecule has 0 aliphatic carbocycles. The van der Waals surface area contributed by atoms with Crippen molar-refractivity contribution < 1.29 is 14.6 Å². The van der Waals surface area contributed by atoms with Crippen LogP contribution in [0.25, 0.3) is 0 Å². The summed E-state index contributed by atoms with van der Waals surface area (Å²) in [4.78, 5) is 11.4. The number of aryl methyl sites for hydroxylation is 1. The van der Waals surface area contributed by atoms with Crippen LogP contribution in [0.3, 0.4) is 0 Å². The molecular formula is C16H16O3. The van der Waals surface area contributed by atoms with Gasteiger partial charge in [-0.25, -0.2) is 4.79 Å². The van der Waals surface area contributed by atoms with E-state index in [1.807, 2.05) is 32.0 Å². The molecule has 0 amide bonds. The highest BCUT2D eigenvalue weighted by molar-refractivity contribution is 5.75. The number of ether oxygens (including phenoxy) is 1. The largest absolute Gasteiger partial charge is 0.478 e. The van der Waals surface area contributed by atoms with Crippen LogP contribution in [0.1, 0.15) is 22.8 Å². The van der Waals surface area contributed by atoms with Crippen molar-refractivity contribution in [3.8, 4) is 5.75 Å². The van der Waals surface area contributed by atoms with E-state index in [4.69, 9.17) is 4.74 Å². The number of carboxylic acids is 1. The summed E-state index contributed by atoms with van der Waals surface area (Å²) in [6.45, 7) is 3.90. The zero-order chi connectivity index (χ0) is 13.8. The van der Waals surface area contributed by atoms with Crippen LogP contribution in [0.2, 0.25) is 0 Å². The van der Waals surface area contributed by atoms with Crippen LogP contribution < -0.4 is 4.74 Å². The third-order valence-corrected chi connectivity index (χ3v) is 3.13. The standard InChI is InChI=1S/C16H16O3/c1-11-7-6-10-14(12(11)2)19-15(16(17)18)13-8-4-3-5-9-13/h3-10,15H,1-2H3,(H,17,18)/t15-/m0/s1. The van der Waals surface area contributed by atoms with Gasteiger partial charge < -0.3 is 9.84 Å². The fraction of sp³-hybridized carbons (Fsp3) is 0.188. The number of aliphatic carboxylic acids is 1. The Balaban J connectivity index is 2.32. The van der Waals surface area contributed by atoms with Gasteiger partial charge in [-0.1, -0.05) is 42.5 Å². The van der Waals surface area contributed by atoms with E-state index in [1.54, 1.807) is 30.3 Å². The van der Waals surface area contributed by atoms with Crippen LogP contribution in [-0.2, 0) is 4.79 Å². The lowest BCUT2D eigenvalue weighted by Gasteiger charge is -2.17. The molecule has 3 heteroatoms. The van der Waals surface area contributed by atoms with Crippen LogP contribution in [-0.4, -0.2) is 11.1 Å². The van der Waals surface area contributed by atoms with Gasteiger partial charge in [-0.05, 0) is 31.0 Å². The molecule has 1 N–H and O–H groups in total. The number of carbonyl (C=O) groups is 1. The summed E-state index contributed by atoms with van der Waals surface area (Å²) in [5, 5.41) is 9.32. The summed E-state index contributed by atoms with van der Waals surface area (Å²) in [5.74, 6) is -0.386. The van der Waals surface area contributed by atoms with E-state index in [0.29, 0.717) is 11.3 Å². The molecule has 0 aliphatic heterocycles. The van der Waals surface area contributed by atoms with Crippen LogP contribution in [0, 0.1) is 13.8 Å². The van der Waals surface area contributed by atoms with E-state index < -0.39 is 12.1 Å². The van der Waals surface area contributed by atoms with Crippen molar-refractivity contribution in [1.29, 1.82) is 0 Å². The quantitative estimate of drug-likeness (QED) is 0.910. The first-order valence-electron chi connectivity index (χ1n) is 6.10. The molecule has 1 atom stereocenters. The van der Waals surface area contributed by atoms with Crippen molar-refractivity contribution in [1.82, 2.24) is 0 Å². The lowest BCUT2D eigenvalue weighted by Crippen LogP contribution is -2.18. The first-order valence-corrected chi connectivity index (χ1v) is 6.10. The third-order valence-electron chi connectivity index (χ3n) is 3.13. The summed E-state index contributed by atoms with van der Waals surface area (Å²) in [5.41, 5.74) is 2.68. The van der Waals surface area contributed by atoms with E-state index in [1.165, 1.54) is 0 Å². The van der Waals surface area contributed by atoms with E-state index >= 15 is 0 Å². The maximum Gasteiger partial charge on any atom is 0.349 e. The van der Waals surface area contributed by atoms with E-state index in [0.717, 1.165) is 11.1 Å². The molecule has 0 spiro atoms. The number of hydrogen-bond acceptors (Lipinski definition) is 2. The van der Waals surface area contributed by atoms with Crippen molar-refractivity contribution >= 4 is 5.97 Å². The molecule has 0 bridgehead atoms. The predicted molar refractivity (Wildman–Crippen MR) is 73.4 cm³/mol. The fourth-order valence-electron chi connectivity index (χ4n) is 1.87. The zero-order valence-electron chi connectivity index (χ0n) is 11.0. The summed E-state index contributed by atoms with van der Waals surface area (Å²) in [6.07, 6.45) is -0.985. The van der Waals surface area contributed by atoms with Gasteiger partial charge in [0, 0.05) is 5.56 Å². The lowest BCUT2D eigenvalue weighted by atomic mass is 10.1. The Hall–Kier alpha value is -2.29. The molecular weight excluding hydrogens is 240 g/mol. The molecule has 0 radical (unpaired) electrons.